The molecule has 0 bridgehead atoms. The van der Waals surface area contributed by atoms with E-state index in [0.717, 1.165) is 16.8 Å². The predicted molar refractivity (Wildman–Crippen MR) is 105 cm³/mol. The molecule has 3 aromatic rings. The van der Waals surface area contributed by atoms with Gasteiger partial charge >= 0.3 is 0 Å². The second-order valence-electron chi connectivity index (χ2n) is 5.65. The molecule has 118 valence electrons. The third-order valence-electron chi connectivity index (χ3n) is 4.10. The van der Waals surface area contributed by atoms with Gasteiger partial charge in [0.05, 0.1) is 6.04 Å². The summed E-state index contributed by atoms with van der Waals surface area (Å²) in [6, 6.07) is 27.3. The van der Waals surface area contributed by atoms with Crippen LogP contribution < -0.4 is 5.32 Å². The van der Waals surface area contributed by atoms with Gasteiger partial charge in [0.2, 0.25) is 0 Å². The van der Waals surface area contributed by atoms with Crippen molar-refractivity contribution in [2.75, 3.05) is 5.32 Å². The van der Waals surface area contributed by atoms with E-state index < -0.39 is 0 Å². The topological polar surface area (TPSA) is 12.0 Å². The predicted octanol–water partition coefficient (Wildman–Crippen LogP) is 6.17. The molecule has 0 atom stereocenters. The molecule has 0 radical (unpaired) electrons. The lowest BCUT2D eigenvalue weighted by Crippen LogP contribution is -2.13. The van der Waals surface area contributed by atoms with Crippen LogP contribution in [0.25, 0.3) is 12.2 Å². The Kier molecular flexibility index (Phi) is 4.93. The monoisotopic (exact) mass is 311 g/mol. The molecular weight excluding hydrogens is 290 g/mol. The van der Waals surface area contributed by atoms with Gasteiger partial charge in [-0.05, 0) is 28.3 Å². The van der Waals surface area contributed by atoms with E-state index in [2.05, 4.69) is 85.2 Å². The lowest BCUT2D eigenvalue weighted by Gasteiger charge is -2.22. The summed E-state index contributed by atoms with van der Waals surface area (Å²) in [6.07, 6.45) is 3.74. The largest absolute Gasteiger partial charge is 0.374 e. The van der Waals surface area contributed by atoms with Crippen molar-refractivity contribution in [3.63, 3.8) is 0 Å². The average Bonchev–Trinajstić information content (AvgIpc) is 2.67. The van der Waals surface area contributed by atoms with Crippen molar-refractivity contribution in [3.8, 4) is 0 Å². The first-order valence-corrected chi connectivity index (χ1v) is 8.07. The summed E-state index contributed by atoms with van der Waals surface area (Å²) >= 11 is 0. The number of hydrogen-bond donors (Lipinski definition) is 1. The van der Waals surface area contributed by atoms with Crippen molar-refractivity contribution in [1.82, 2.24) is 0 Å². The van der Waals surface area contributed by atoms with Gasteiger partial charge < -0.3 is 5.32 Å². The summed E-state index contributed by atoms with van der Waals surface area (Å²) in [7, 11) is 0. The van der Waals surface area contributed by atoms with Crippen molar-refractivity contribution in [2.45, 2.75) is 6.04 Å². The molecule has 0 spiro atoms. The van der Waals surface area contributed by atoms with Crippen LogP contribution >= 0.6 is 0 Å². The molecule has 0 aliphatic carbocycles. The van der Waals surface area contributed by atoms with Crippen LogP contribution in [0, 0.1) is 0 Å². The van der Waals surface area contributed by atoms with E-state index in [1.807, 2.05) is 24.3 Å². The molecule has 3 rings (SSSR count). The smallest absolute Gasteiger partial charge is 0.0767 e. The summed E-state index contributed by atoms with van der Waals surface area (Å²) in [5.41, 5.74) is 5.67. The van der Waals surface area contributed by atoms with Gasteiger partial charge in [-0.2, -0.15) is 0 Å². The van der Waals surface area contributed by atoms with Gasteiger partial charge in [-0.1, -0.05) is 98.1 Å². The molecule has 0 aliphatic heterocycles. The van der Waals surface area contributed by atoms with Crippen LogP contribution in [0.2, 0.25) is 0 Å². The average molecular weight is 311 g/mol. The van der Waals surface area contributed by atoms with E-state index in [1.54, 1.807) is 0 Å². The van der Waals surface area contributed by atoms with Gasteiger partial charge in [0.1, 0.15) is 0 Å². The molecule has 0 amide bonds. The van der Waals surface area contributed by atoms with E-state index >= 15 is 0 Å². The Hall–Kier alpha value is -3.06. The molecular formula is C23H21N. The Bertz CT molecular complexity index is 780. The van der Waals surface area contributed by atoms with Crippen molar-refractivity contribution in [2.24, 2.45) is 0 Å². The first-order chi connectivity index (χ1) is 11.8. The third kappa shape index (κ3) is 3.47. The van der Waals surface area contributed by atoms with Crippen LogP contribution in [0.3, 0.4) is 0 Å². The second-order valence-corrected chi connectivity index (χ2v) is 5.65. The van der Waals surface area contributed by atoms with E-state index in [9.17, 15) is 0 Å². The molecule has 0 saturated carbocycles. The van der Waals surface area contributed by atoms with Crippen molar-refractivity contribution in [3.05, 3.63) is 114 Å². The number of benzene rings is 3. The maximum Gasteiger partial charge on any atom is 0.0767 e. The van der Waals surface area contributed by atoms with Crippen LogP contribution in [0.1, 0.15) is 28.3 Å². The second kappa shape index (κ2) is 7.47. The molecule has 0 aliphatic rings. The lowest BCUT2D eigenvalue weighted by atomic mass is 9.97. The number of rotatable bonds is 6. The summed E-state index contributed by atoms with van der Waals surface area (Å²) in [6.45, 7) is 7.80. The Morgan fingerprint density at radius 1 is 0.708 bits per heavy atom. The molecule has 0 saturated heterocycles. The highest BCUT2D eigenvalue weighted by Gasteiger charge is 2.14. The molecule has 1 nitrogen and oxygen atoms in total. The minimum Gasteiger partial charge on any atom is -0.374 e. The Labute approximate surface area is 144 Å². The van der Waals surface area contributed by atoms with Gasteiger partial charge in [0, 0.05) is 5.69 Å². The lowest BCUT2D eigenvalue weighted by molar-refractivity contribution is 0.938. The van der Waals surface area contributed by atoms with Gasteiger partial charge in [0.25, 0.3) is 0 Å². The molecule has 3 aromatic carbocycles. The fourth-order valence-corrected chi connectivity index (χ4v) is 2.81. The zero-order valence-corrected chi connectivity index (χ0v) is 13.7. The number of anilines is 1. The highest BCUT2D eigenvalue weighted by molar-refractivity contribution is 5.70. The summed E-state index contributed by atoms with van der Waals surface area (Å²) < 4.78 is 0. The first-order valence-electron chi connectivity index (χ1n) is 8.07. The first kappa shape index (κ1) is 15.8. The fraction of sp³-hybridized carbons (Fsp3) is 0.0435. The fourth-order valence-electron chi connectivity index (χ4n) is 2.81. The third-order valence-corrected chi connectivity index (χ3v) is 4.10. The van der Waals surface area contributed by atoms with E-state index in [1.165, 1.54) is 11.1 Å². The van der Waals surface area contributed by atoms with Crippen LogP contribution in [-0.2, 0) is 0 Å². The summed E-state index contributed by atoms with van der Waals surface area (Å²) in [4.78, 5) is 0. The van der Waals surface area contributed by atoms with Crippen molar-refractivity contribution in [1.29, 1.82) is 0 Å². The minimum absolute atomic E-state index is 0.0752. The van der Waals surface area contributed by atoms with Gasteiger partial charge in [-0.25, -0.2) is 0 Å². The maximum absolute atomic E-state index is 3.93. The maximum atomic E-state index is 3.93. The molecule has 0 heterocycles. The zero-order chi connectivity index (χ0) is 16.8. The Morgan fingerprint density at radius 3 is 1.79 bits per heavy atom. The molecule has 24 heavy (non-hydrogen) atoms. The van der Waals surface area contributed by atoms with Crippen LogP contribution in [0.5, 0.6) is 0 Å². The van der Waals surface area contributed by atoms with E-state index in [0.29, 0.717) is 0 Å². The summed E-state index contributed by atoms with van der Waals surface area (Å²) in [5.74, 6) is 0. The van der Waals surface area contributed by atoms with Crippen molar-refractivity contribution < 1.29 is 0 Å². The van der Waals surface area contributed by atoms with Gasteiger partial charge in [-0.3, -0.25) is 0 Å². The van der Waals surface area contributed by atoms with Crippen LogP contribution in [0.4, 0.5) is 5.69 Å². The van der Waals surface area contributed by atoms with Gasteiger partial charge in [0.15, 0.2) is 0 Å². The standard InChI is InChI=1S/C23H21N/c1-3-18-15-16-19(4-2)22(17-18)24-23(20-11-7-5-8-12-20)21-13-9-6-10-14-21/h3-17,23-24H,1-2H2. The van der Waals surface area contributed by atoms with Crippen molar-refractivity contribution >= 4 is 17.8 Å². The van der Waals surface area contributed by atoms with E-state index in [-0.39, 0.29) is 6.04 Å². The summed E-state index contributed by atoms with van der Waals surface area (Å²) in [5, 5.41) is 3.69. The van der Waals surface area contributed by atoms with Crippen LogP contribution in [0.15, 0.2) is 92.0 Å². The number of nitrogens with one attached hydrogen (secondary N) is 1. The quantitative estimate of drug-likeness (QED) is 0.573. The SMILES string of the molecule is C=Cc1ccc(C=C)c(NC(c2ccccc2)c2ccccc2)c1. The molecule has 0 fully saturated rings. The minimum atomic E-state index is 0.0752. The number of hydrogen-bond acceptors (Lipinski definition) is 1. The Morgan fingerprint density at radius 2 is 1.29 bits per heavy atom. The molecule has 0 unspecified atom stereocenters. The Balaban J connectivity index is 2.05. The zero-order valence-electron chi connectivity index (χ0n) is 13.7. The van der Waals surface area contributed by atoms with E-state index in [4.69, 9.17) is 0 Å². The highest BCUT2D eigenvalue weighted by atomic mass is 14.9. The van der Waals surface area contributed by atoms with Gasteiger partial charge in [-0.15, -0.1) is 0 Å². The molecule has 0 aromatic heterocycles. The normalized spacial score (nSPS) is 10.4. The molecule has 1 heteroatoms. The molecule has 1 N–H and O–H groups in total. The van der Waals surface area contributed by atoms with Crippen LogP contribution in [-0.4, -0.2) is 0 Å². The highest BCUT2D eigenvalue weighted by Crippen LogP contribution is 2.29.